The van der Waals surface area contributed by atoms with E-state index in [9.17, 15) is 22.8 Å². The summed E-state index contributed by atoms with van der Waals surface area (Å²) in [5.74, 6) is -2.17. The number of likely N-dealkylation sites (tertiary alicyclic amines) is 1. The van der Waals surface area contributed by atoms with Crippen LogP contribution in [0.3, 0.4) is 0 Å². The Balaban J connectivity index is 1.30. The molecule has 4 heterocycles. The van der Waals surface area contributed by atoms with Crippen molar-refractivity contribution in [3.8, 4) is 16.6 Å². The number of carbonyl (C=O) groups is 3. The standard InChI is InChI=1S/C41H56N6O6S2/c1-10-26-20-41(26)38(50)45-55(51,52)32-18-25(32)14-11-12-17-31-33(22(2)3)42-36(54-31)28-15-13-16-29-34(28)43-39(47(29)23(4)5)53-27-19-30(35(48)44-41)46(21-27)37(49)24(6)40(7,8)9/h10,13,15-16,22-27,30,32H,1,11-12,14,17-21H2,2-9H3,(H,44,48)(H,45,50)/t24-,25+,26-,27-,30+,32+,41-/m1/s1. The summed E-state index contributed by atoms with van der Waals surface area (Å²) in [5, 5.41) is 3.16. The van der Waals surface area contributed by atoms with Crippen LogP contribution in [0.5, 0.6) is 6.01 Å². The van der Waals surface area contributed by atoms with Crippen LogP contribution in [-0.4, -0.2) is 75.1 Å². The number of benzene rings is 1. The predicted octanol–water partition coefficient (Wildman–Crippen LogP) is 6.52. The molecule has 6 bridgehead atoms. The van der Waals surface area contributed by atoms with Crippen LogP contribution >= 0.6 is 11.3 Å². The fourth-order valence-corrected chi connectivity index (χ4v) is 11.4. The number of hydrogen-bond donors (Lipinski definition) is 2. The Bertz CT molecular complexity index is 2130. The molecule has 0 radical (unpaired) electrons. The van der Waals surface area contributed by atoms with Crippen molar-refractivity contribution in [3.05, 3.63) is 41.4 Å². The van der Waals surface area contributed by atoms with Crippen LogP contribution in [0.15, 0.2) is 30.9 Å². The Morgan fingerprint density at radius 3 is 2.51 bits per heavy atom. The predicted molar refractivity (Wildman–Crippen MR) is 214 cm³/mol. The third kappa shape index (κ3) is 7.33. The SMILES string of the molecule is C=C[C@@H]1C[C@@]12NC(=O)[C@@H]1C[C@H](CN1C(=O)[C@@H](C)C(C)(C)C)Oc1nc3c(cccc3n1C(C)C)-c1nc(C(C)C)c(s1)CCCC[C@H]1C[C@@H]1S(=O)(=O)NC2=O. The molecule has 1 spiro atoms. The van der Waals surface area contributed by atoms with E-state index in [1.807, 2.05) is 39.8 Å². The topological polar surface area (TPSA) is 153 Å². The molecule has 1 saturated heterocycles. The van der Waals surface area contributed by atoms with Gasteiger partial charge in [-0.1, -0.05) is 60.1 Å². The lowest BCUT2D eigenvalue weighted by molar-refractivity contribution is -0.144. The number of fused-ring (bicyclic) bond motifs is 7. The van der Waals surface area contributed by atoms with E-state index < -0.39 is 56.6 Å². The van der Waals surface area contributed by atoms with Gasteiger partial charge < -0.3 is 15.0 Å². The average Bonchev–Trinajstić information content (AvgIpc) is 3.87. The number of carbonyl (C=O) groups excluding carboxylic acids is 3. The molecule has 3 amide bonds. The summed E-state index contributed by atoms with van der Waals surface area (Å²) >= 11 is 1.68. The molecule has 3 aromatic rings. The number of hydrogen-bond acceptors (Lipinski definition) is 9. The van der Waals surface area contributed by atoms with Gasteiger partial charge in [0.15, 0.2) is 0 Å². The molecule has 2 aliphatic carbocycles. The number of aromatic nitrogens is 3. The van der Waals surface area contributed by atoms with Crippen molar-refractivity contribution in [2.75, 3.05) is 6.54 Å². The Hall–Kier alpha value is -3.78. The minimum Gasteiger partial charge on any atom is -0.459 e. The molecule has 0 unspecified atom stereocenters. The second-order valence-corrected chi connectivity index (χ2v) is 20.8. The van der Waals surface area contributed by atoms with Gasteiger partial charge in [0, 0.05) is 34.7 Å². The number of ether oxygens (including phenoxy) is 1. The van der Waals surface area contributed by atoms with Gasteiger partial charge in [-0.05, 0) is 75.3 Å². The highest BCUT2D eigenvalue weighted by atomic mass is 32.2. The summed E-state index contributed by atoms with van der Waals surface area (Å²) < 4.78 is 38.1. The molecule has 7 atom stereocenters. The summed E-state index contributed by atoms with van der Waals surface area (Å²) in [6.07, 6.45) is 5.20. The van der Waals surface area contributed by atoms with Gasteiger partial charge in [-0.2, -0.15) is 4.98 Å². The lowest BCUT2D eigenvalue weighted by atomic mass is 9.81. The highest BCUT2D eigenvalue weighted by molar-refractivity contribution is 7.91. The fraction of sp³-hybridized carbons (Fsp3) is 0.634. The van der Waals surface area contributed by atoms with Crippen LogP contribution in [-0.2, 0) is 30.8 Å². The van der Waals surface area contributed by atoms with E-state index in [1.54, 1.807) is 22.3 Å². The van der Waals surface area contributed by atoms with Gasteiger partial charge in [-0.15, -0.1) is 17.9 Å². The third-order valence-electron chi connectivity index (χ3n) is 12.3. The van der Waals surface area contributed by atoms with Crippen LogP contribution in [0.2, 0.25) is 0 Å². The van der Waals surface area contributed by atoms with E-state index in [2.05, 4.69) is 54.9 Å². The molecule has 2 N–H and O–H groups in total. The monoisotopic (exact) mass is 792 g/mol. The average molecular weight is 793 g/mol. The highest BCUT2D eigenvalue weighted by Gasteiger charge is 2.62. The largest absolute Gasteiger partial charge is 0.459 e. The first kappa shape index (κ1) is 39.5. The van der Waals surface area contributed by atoms with Crippen molar-refractivity contribution < 1.29 is 27.5 Å². The molecule has 298 valence electrons. The van der Waals surface area contributed by atoms with Crippen LogP contribution < -0.4 is 14.8 Å². The number of thiazole rings is 1. The first-order chi connectivity index (χ1) is 25.9. The molecule has 14 heteroatoms. The van der Waals surface area contributed by atoms with Gasteiger partial charge >= 0.3 is 0 Å². The van der Waals surface area contributed by atoms with Crippen molar-refractivity contribution >= 4 is 50.1 Å². The Kier molecular flexibility index (Phi) is 10.3. The van der Waals surface area contributed by atoms with Crippen molar-refractivity contribution in [1.82, 2.24) is 29.5 Å². The zero-order chi connectivity index (χ0) is 39.8. The Morgan fingerprint density at radius 2 is 1.85 bits per heavy atom. The highest BCUT2D eigenvalue weighted by Crippen LogP contribution is 2.47. The minimum absolute atomic E-state index is 0.0162. The zero-order valence-electron chi connectivity index (χ0n) is 33.3. The lowest BCUT2D eigenvalue weighted by Crippen LogP contribution is -2.57. The second-order valence-electron chi connectivity index (χ2n) is 17.8. The van der Waals surface area contributed by atoms with Crippen LogP contribution in [0.25, 0.3) is 21.6 Å². The van der Waals surface area contributed by atoms with Crippen molar-refractivity contribution in [2.24, 2.45) is 23.2 Å². The molecule has 2 aliphatic heterocycles. The number of nitrogens with zero attached hydrogens (tertiary/aromatic N) is 4. The summed E-state index contributed by atoms with van der Waals surface area (Å²) in [4.78, 5) is 55.4. The normalized spacial score (nSPS) is 28.8. The van der Waals surface area contributed by atoms with Crippen LogP contribution in [0.4, 0.5) is 0 Å². The van der Waals surface area contributed by atoms with Gasteiger partial charge in [0.1, 0.15) is 28.2 Å². The molecular weight excluding hydrogens is 737 g/mol. The molecular formula is C41H56N6O6S2. The molecule has 2 saturated carbocycles. The van der Waals surface area contributed by atoms with Gasteiger partial charge in [-0.25, -0.2) is 13.4 Å². The molecule has 7 rings (SSSR count). The van der Waals surface area contributed by atoms with E-state index in [1.165, 1.54) is 4.88 Å². The van der Waals surface area contributed by atoms with E-state index in [-0.39, 0.29) is 48.6 Å². The maximum Gasteiger partial charge on any atom is 0.297 e. The molecule has 3 fully saturated rings. The first-order valence-corrected chi connectivity index (χ1v) is 22.2. The summed E-state index contributed by atoms with van der Waals surface area (Å²) in [7, 11) is -3.97. The van der Waals surface area contributed by atoms with Gasteiger partial charge in [0.05, 0.1) is 23.0 Å². The molecule has 55 heavy (non-hydrogen) atoms. The van der Waals surface area contributed by atoms with E-state index in [0.717, 1.165) is 53.0 Å². The maximum absolute atomic E-state index is 14.4. The zero-order valence-corrected chi connectivity index (χ0v) is 35.0. The smallest absolute Gasteiger partial charge is 0.297 e. The number of nitrogens with one attached hydrogen (secondary N) is 2. The molecule has 12 nitrogen and oxygen atoms in total. The number of amides is 3. The Morgan fingerprint density at radius 1 is 1.11 bits per heavy atom. The fourth-order valence-electron chi connectivity index (χ4n) is 8.33. The third-order valence-corrected chi connectivity index (χ3v) is 15.3. The quantitative estimate of drug-likeness (QED) is 0.284. The second kappa shape index (κ2) is 14.3. The maximum atomic E-state index is 14.4. The molecule has 1 aromatic carbocycles. The molecule has 2 aromatic heterocycles. The van der Waals surface area contributed by atoms with Gasteiger partial charge in [0.2, 0.25) is 21.8 Å². The first-order valence-electron chi connectivity index (χ1n) is 19.8. The Labute approximate surface area is 328 Å². The minimum atomic E-state index is -3.97. The van der Waals surface area contributed by atoms with Gasteiger partial charge in [-0.3, -0.25) is 23.7 Å². The van der Waals surface area contributed by atoms with Crippen molar-refractivity contribution in [3.63, 3.8) is 0 Å². The van der Waals surface area contributed by atoms with Crippen molar-refractivity contribution in [1.29, 1.82) is 0 Å². The number of para-hydroxylation sites is 1. The van der Waals surface area contributed by atoms with E-state index in [4.69, 9.17) is 14.7 Å². The van der Waals surface area contributed by atoms with Gasteiger partial charge in [0.25, 0.3) is 11.9 Å². The van der Waals surface area contributed by atoms with Crippen molar-refractivity contribution in [2.45, 2.75) is 135 Å². The molecule has 4 aliphatic rings. The van der Waals surface area contributed by atoms with Crippen LogP contribution in [0, 0.1) is 23.2 Å². The number of imidazole rings is 1. The van der Waals surface area contributed by atoms with E-state index in [0.29, 0.717) is 12.4 Å². The number of rotatable bonds is 4. The number of sulfonamides is 1. The lowest BCUT2D eigenvalue weighted by Gasteiger charge is -2.33. The van der Waals surface area contributed by atoms with E-state index >= 15 is 0 Å². The van der Waals surface area contributed by atoms with Crippen LogP contribution in [0.1, 0.15) is 116 Å². The summed E-state index contributed by atoms with van der Waals surface area (Å²) in [6.45, 7) is 20.3. The summed E-state index contributed by atoms with van der Waals surface area (Å²) in [6, 6.07) is 5.53. The summed E-state index contributed by atoms with van der Waals surface area (Å²) in [5.41, 5.74) is 1.82. The number of aryl methyl sites for hydroxylation is 1.